The third-order valence-corrected chi connectivity index (χ3v) is 4.38. The minimum Gasteiger partial charge on any atom is -0.481 e. The highest BCUT2D eigenvalue weighted by Gasteiger charge is 2.58. The van der Waals surface area contributed by atoms with E-state index < -0.39 is 35.2 Å². The van der Waals surface area contributed by atoms with Gasteiger partial charge < -0.3 is 14.6 Å². The first-order chi connectivity index (χ1) is 10.3. The molecular formula is C16H20O6. The first-order valence-electron chi connectivity index (χ1n) is 7.17. The molecule has 0 aromatic carbocycles. The molecule has 1 fully saturated rings. The fourth-order valence-electron chi connectivity index (χ4n) is 3.35. The Bertz CT molecular complexity index is 549. The molecule has 2 rings (SSSR count). The lowest BCUT2D eigenvalue weighted by molar-refractivity contribution is -0.162. The number of ether oxygens (including phenoxy) is 2. The van der Waals surface area contributed by atoms with E-state index in [0.29, 0.717) is 6.42 Å². The van der Waals surface area contributed by atoms with Crippen LogP contribution in [-0.2, 0) is 23.9 Å². The topological polar surface area (TPSA) is 89.9 Å². The van der Waals surface area contributed by atoms with Gasteiger partial charge in [0.15, 0.2) is 0 Å². The predicted molar refractivity (Wildman–Crippen MR) is 76.7 cm³/mol. The Labute approximate surface area is 128 Å². The van der Waals surface area contributed by atoms with Gasteiger partial charge in [0, 0.05) is 11.0 Å². The van der Waals surface area contributed by atoms with Gasteiger partial charge in [0.2, 0.25) is 0 Å². The molecule has 0 spiro atoms. The second-order valence-electron chi connectivity index (χ2n) is 6.16. The summed E-state index contributed by atoms with van der Waals surface area (Å²) in [5.74, 6) is -3.64. The predicted octanol–water partition coefficient (Wildman–Crippen LogP) is 1.56. The highest BCUT2D eigenvalue weighted by Crippen LogP contribution is 2.56. The Balaban J connectivity index is 1.92. The molecule has 0 saturated heterocycles. The molecule has 1 N–H and O–H groups in total. The van der Waals surface area contributed by atoms with E-state index in [9.17, 15) is 19.5 Å². The van der Waals surface area contributed by atoms with Crippen LogP contribution >= 0.6 is 0 Å². The standard InChI is InChI=1S/C16H20O6/c1-9(2)14(19)21-6-7-22-15(20)12-11(13(17)18)10-4-5-16(12,3)8-10/h4-5,10-12H,1,6-8H2,2-3H3,(H,17,18). The molecule has 120 valence electrons. The number of carbonyl (C=O) groups excluding carboxylic acids is 2. The molecule has 0 amide bonds. The molecule has 0 aliphatic heterocycles. The third-order valence-electron chi connectivity index (χ3n) is 4.38. The van der Waals surface area contributed by atoms with Crippen molar-refractivity contribution in [3.8, 4) is 0 Å². The summed E-state index contributed by atoms with van der Waals surface area (Å²) in [5, 5.41) is 9.35. The highest BCUT2D eigenvalue weighted by molar-refractivity contribution is 5.87. The van der Waals surface area contributed by atoms with Crippen molar-refractivity contribution in [3.05, 3.63) is 24.3 Å². The maximum Gasteiger partial charge on any atom is 0.333 e. The van der Waals surface area contributed by atoms with Crippen molar-refractivity contribution in [2.75, 3.05) is 13.2 Å². The summed E-state index contributed by atoms with van der Waals surface area (Å²) >= 11 is 0. The van der Waals surface area contributed by atoms with Gasteiger partial charge in [-0.25, -0.2) is 4.79 Å². The Morgan fingerprint density at radius 3 is 2.55 bits per heavy atom. The monoisotopic (exact) mass is 308 g/mol. The zero-order valence-corrected chi connectivity index (χ0v) is 12.7. The van der Waals surface area contributed by atoms with Gasteiger partial charge in [-0.15, -0.1) is 0 Å². The van der Waals surface area contributed by atoms with Crippen LogP contribution in [0.25, 0.3) is 0 Å². The summed E-state index contributed by atoms with van der Waals surface area (Å²) in [7, 11) is 0. The van der Waals surface area contributed by atoms with Crippen molar-refractivity contribution in [2.24, 2.45) is 23.2 Å². The number of esters is 2. The number of fused-ring (bicyclic) bond motifs is 2. The molecule has 4 unspecified atom stereocenters. The summed E-state index contributed by atoms with van der Waals surface area (Å²) in [4.78, 5) is 34.9. The normalized spacial score (nSPS) is 31.8. The second kappa shape index (κ2) is 5.94. The van der Waals surface area contributed by atoms with Gasteiger partial charge >= 0.3 is 17.9 Å². The summed E-state index contributed by atoms with van der Waals surface area (Å²) in [6.07, 6.45) is 4.43. The minimum absolute atomic E-state index is 0.0716. The SMILES string of the molecule is C=C(C)C(=O)OCCOC(=O)C1C(C(=O)O)C2C=CC1(C)C2. The minimum atomic E-state index is -0.978. The number of aliphatic carboxylic acids is 1. The van der Waals surface area contributed by atoms with Crippen LogP contribution in [-0.4, -0.2) is 36.2 Å². The largest absolute Gasteiger partial charge is 0.481 e. The molecule has 0 aromatic rings. The molecule has 22 heavy (non-hydrogen) atoms. The van der Waals surface area contributed by atoms with Gasteiger partial charge in [0.05, 0.1) is 11.8 Å². The van der Waals surface area contributed by atoms with Crippen molar-refractivity contribution in [2.45, 2.75) is 20.3 Å². The lowest BCUT2D eigenvalue weighted by Gasteiger charge is -2.29. The third kappa shape index (κ3) is 2.91. The van der Waals surface area contributed by atoms with Crippen molar-refractivity contribution in [3.63, 3.8) is 0 Å². The van der Waals surface area contributed by atoms with E-state index in [4.69, 9.17) is 9.47 Å². The molecule has 4 atom stereocenters. The maximum atomic E-state index is 12.3. The van der Waals surface area contributed by atoms with Crippen LogP contribution in [0.3, 0.4) is 0 Å². The lowest BCUT2D eigenvalue weighted by atomic mass is 9.75. The second-order valence-corrected chi connectivity index (χ2v) is 6.16. The van der Waals surface area contributed by atoms with Crippen molar-refractivity contribution < 1.29 is 29.0 Å². The van der Waals surface area contributed by atoms with Gasteiger partial charge in [-0.2, -0.15) is 0 Å². The van der Waals surface area contributed by atoms with E-state index in [2.05, 4.69) is 6.58 Å². The Morgan fingerprint density at radius 1 is 1.32 bits per heavy atom. The summed E-state index contributed by atoms with van der Waals surface area (Å²) in [6, 6.07) is 0. The van der Waals surface area contributed by atoms with Gasteiger partial charge in [0.25, 0.3) is 0 Å². The molecule has 0 heterocycles. The van der Waals surface area contributed by atoms with Crippen molar-refractivity contribution in [1.82, 2.24) is 0 Å². The number of carboxylic acids is 1. The molecule has 2 aliphatic rings. The van der Waals surface area contributed by atoms with E-state index >= 15 is 0 Å². The number of rotatable bonds is 6. The van der Waals surface area contributed by atoms with E-state index in [1.54, 1.807) is 0 Å². The van der Waals surface area contributed by atoms with E-state index in [0.717, 1.165) is 0 Å². The van der Waals surface area contributed by atoms with Crippen LogP contribution in [0.15, 0.2) is 24.3 Å². The van der Waals surface area contributed by atoms with Gasteiger partial charge in [0.1, 0.15) is 13.2 Å². The average molecular weight is 308 g/mol. The van der Waals surface area contributed by atoms with Crippen LogP contribution in [0.4, 0.5) is 0 Å². The van der Waals surface area contributed by atoms with Gasteiger partial charge in [-0.1, -0.05) is 25.7 Å². The van der Waals surface area contributed by atoms with Crippen LogP contribution in [0.5, 0.6) is 0 Å². The Hall–Kier alpha value is -2.11. The summed E-state index contributed by atoms with van der Waals surface area (Å²) < 4.78 is 9.94. The first kappa shape index (κ1) is 16.3. The fraction of sp³-hybridized carbons (Fsp3) is 0.562. The first-order valence-corrected chi connectivity index (χ1v) is 7.17. The van der Waals surface area contributed by atoms with E-state index in [-0.39, 0.29) is 24.7 Å². The fourth-order valence-corrected chi connectivity index (χ4v) is 3.35. The summed E-state index contributed by atoms with van der Waals surface area (Å²) in [6.45, 7) is 6.67. The molecule has 2 aliphatic carbocycles. The quantitative estimate of drug-likeness (QED) is 0.347. The Morgan fingerprint density at radius 2 is 1.95 bits per heavy atom. The molecule has 6 heteroatoms. The smallest absolute Gasteiger partial charge is 0.333 e. The number of carboxylic acid groups (broad SMARTS) is 1. The molecule has 0 radical (unpaired) electrons. The number of allylic oxidation sites excluding steroid dienone is 2. The van der Waals surface area contributed by atoms with Crippen LogP contribution in [0.1, 0.15) is 20.3 Å². The molecule has 1 saturated carbocycles. The molecule has 2 bridgehead atoms. The van der Waals surface area contributed by atoms with Crippen LogP contribution < -0.4 is 0 Å². The number of carbonyl (C=O) groups is 3. The number of hydrogen-bond acceptors (Lipinski definition) is 5. The highest BCUT2D eigenvalue weighted by atomic mass is 16.6. The van der Waals surface area contributed by atoms with Gasteiger partial charge in [-0.05, 0) is 19.3 Å². The van der Waals surface area contributed by atoms with Crippen molar-refractivity contribution >= 4 is 17.9 Å². The Kier molecular flexibility index (Phi) is 4.39. The van der Waals surface area contributed by atoms with Gasteiger partial charge in [-0.3, -0.25) is 9.59 Å². The molecule has 0 aromatic heterocycles. The number of hydrogen-bond donors (Lipinski definition) is 1. The average Bonchev–Trinajstić information content (AvgIpc) is 2.95. The summed E-state index contributed by atoms with van der Waals surface area (Å²) in [5.41, 5.74) is -0.206. The van der Waals surface area contributed by atoms with Crippen molar-refractivity contribution in [1.29, 1.82) is 0 Å². The lowest BCUT2D eigenvalue weighted by Crippen LogP contribution is -2.38. The molecular weight excluding hydrogens is 288 g/mol. The van der Waals surface area contributed by atoms with Crippen LogP contribution in [0, 0.1) is 23.2 Å². The maximum absolute atomic E-state index is 12.3. The zero-order chi connectivity index (χ0) is 16.5. The zero-order valence-electron chi connectivity index (χ0n) is 12.7. The van der Waals surface area contributed by atoms with E-state index in [1.807, 2.05) is 19.1 Å². The molecule has 6 nitrogen and oxygen atoms in total. The van der Waals surface area contributed by atoms with E-state index in [1.165, 1.54) is 6.92 Å². The van der Waals surface area contributed by atoms with Crippen LogP contribution in [0.2, 0.25) is 0 Å².